The number of hydrogen-bond acceptors (Lipinski definition) is 2. The number of nitrogens with zero attached hydrogens (tertiary/aromatic N) is 1. The first-order chi connectivity index (χ1) is 5.86. The lowest BCUT2D eigenvalue weighted by Crippen LogP contribution is -2.25. The highest BCUT2D eigenvalue weighted by atomic mass is 35.5. The van der Waals surface area contributed by atoms with Gasteiger partial charge in [-0.3, -0.25) is 0 Å². The summed E-state index contributed by atoms with van der Waals surface area (Å²) in [6.07, 6.45) is 1.21. The summed E-state index contributed by atoms with van der Waals surface area (Å²) >= 11 is 1.86. The first-order valence-corrected chi connectivity index (χ1v) is 5.49. The van der Waals surface area contributed by atoms with Crippen LogP contribution in [0.2, 0.25) is 0 Å². The van der Waals surface area contributed by atoms with Gasteiger partial charge in [0.2, 0.25) is 0 Å². The molecule has 0 fully saturated rings. The van der Waals surface area contributed by atoms with E-state index < -0.39 is 0 Å². The van der Waals surface area contributed by atoms with E-state index in [9.17, 15) is 0 Å². The van der Waals surface area contributed by atoms with E-state index in [1.165, 1.54) is 30.9 Å². The van der Waals surface area contributed by atoms with Crippen LogP contribution in [-0.4, -0.2) is 24.5 Å². The second-order valence-electron chi connectivity index (χ2n) is 2.86. The summed E-state index contributed by atoms with van der Waals surface area (Å²) in [5.74, 6) is 0. The number of thiophene rings is 1. The molecule has 1 heterocycles. The van der Waals surface area contributed by atoms with Crippen molar-refractivity contribution in [3.8, 4) is 0 Å². The maximum Gasteiger partial charge on any atom is 0.00579 e. The Kier molecular flexibility index (Phi) is 7.33. The van der Waals surface area contributed by atoms with E-state index >= 15 is 0 Å². The van der Waals surface area contributed by atoms with Crippen LogP contribution in [0.25, 0.3) is 0 Å². The smallest absolute Gasteiger partial charge is 0.00579 e. The molecule has 1 rings (SSSR count). The normalized spacial score (nSPS) is 10.1. The summed E-state index contributed by atoms with van der Waals surface area (Å²) < 4.78 is 0. The molecule has 0 bridgehead atoms. The van der Waals surface area contributed by atoms with Crippen LogP contribution < -0.4 is 0 Å². The first kappa shape index (κ1) is 12.9. The van der Waals surface area contributed by atoms with E-state index in [0.29, 0.717) is 0 Å². The Balaban J connectivity index is 0.00000144. The van der Waals surface area contributed by atoms with Gasteiger partial charge in [0, 0.05) is 11.4 Å². The molecule has 0 spiro atoms. The fourth-order valence-corrected chi connectivity index (χ4v) is 1.96. The Hall–Kier alpha value is -0.0500. The molecule has 3 heteroatoms. The van der Waals surface area contributed by atoms with Gasteiger partial charge >= 0.3 is 0 Å². The lowest BCUT2D eigenvalue weighted by Gasteiger charge is -2.16. The quantitative estimate of drug-likeness (QED) is 0.736. The van der Waals surface area contributed by atoms with Crippen molar-refractivity contribution in [3.05, 3.63) is 22.4 Å². The third-order valence-electron chi connectivity index (χ3n) is 2.15. The molecule has 0 aliphatic carbocycles. The SMILES string of the molecule is CCN(CC)CCc1cccs1.Cl. The van der Waals surface area contributed by atoms with Crippen LogP contribution in [0.3, 0.4) is 0 Å². The number of halogens is 1. The molecule has 76 valence electrons. The average Bonchev–Trinajstić information content (AvgIpc) is 2.59. The molecule has 0 saturated carbocycles. The fraction of sp³-hybridized carbons (Fsp3) is 0.600. The van der Waals surface area contributed by atoms with Gasteiger partial charge in [-0.25, -0.2) is 0 Å². The van der Waals surface area contributed by atoms with Crippen LogP contribution in [0.15, 0.2) is 17.5 Å². The van der Waals surface area contributed by atoms with Crippen molar-refractivity contribution >= 4 is 23.7 Å². The maximum absolute atomic E-state index is 2.46. The van der Waals surface area contributed by atoms with Crippen molar-refractivity contribution in [1.82, 2.24) is 4.90 Å². The van der Waals surface area contributed by atoms with Crippen molar-refractivity contribution in [1.29, 1.82) is 0 Å². The Morgan fingerprint density at radius 2 is 2.00 bits per heavy atom. The van der Waals surface area contributed by atoms with E-state index in [1.807, 2.05) is 11.3 Å². The van der Waals surface area contributed by atoms with E-state index in [2.05, 4.69) is 36.3 Å². The summed E-state index contributed by atoms with van der Waals surface area (Å²) in [6.45, 7) is 7.98. The van der Waals surface area contributed by atoms with Gasteiger partial charge in [0.1, 0.15) is 0 Å². The zero-order valence-electron chi connectivity index (χ0n) is 8.32. The Morgan fingerprint density at radius 1 is 1.31 bits per heavy atom. The highest BCUT2D eigenvalue weighted by molar-refractivity contribution is 7.09. The van der Waals surface area contributed by atoms with Gasteiger partial charge in [-0.05, 0) is 31.0 Å². The molecule has 0 N–H and O–H groups in total. The van der Waals surface area contributed by atoms with Crippen LogP contribution >= 0.6 is 23.7 Å². The molecule has 1 aromatic heterocycles. The van der Waals surface area contributed by atoms with Crippen LogP contribution in [0, 0.1) is 0 Å². The summed E-state index contributed by atoms with van der Waals surface area (Å²) in [5, 5.41) is 2.15. The Morgan fingerprint density at radius 3 is 2.46 bits per heavy atom. The lowest BCUT2D eigenvalue weighted by atomic mass is 10.3. The van der Waals surface area contributed by atoms with E-state index in [-0.39, 0.29) is 12.4 Å². The zero-order chi connectivity index (χ0) is 8.81. The predicted molar refractivity (Wildman–Crippen MR) is 63.1 cm³/mol. The molecule has 0 aliphatic rings. The largest absolute Gasteiger partial charge is 0.304 e. The van der Waals surface area contributed by atoms with Gasteiger partial charge in [0.15, 0.2) is 0 Å². The van der Waals surface area contributed by atoms with Crippen LogP contribution in [-0.2, 0) is 6.42 Å². The molecule has 1 aromatic rings. The van der Waals surface area contributed by atoms with E-state index in [0.717, 1.165) is 0 Å². The van der Waals surface area contributed by atoms with Crippen LogP contribution in [0.1, 0.15) is 18.7 Å². The molecule has 1 nitrogen and oxygen atoms in total. The molecular formula is C10H18ClNS. The number of hydrogen-bond donors (Lipinski definition) is 0. The monoisotopic (exact) mass is 219 g/mol. The topological polar surface area (TPSA) is 3.24 Å². The van der Waals surface area contributed by atoms with Gasteiger partial charge in [-0.1, -0.05) is 19.9 Å². The molecule has 0 atom stereocenters. The zero-order valence-corrected chi connectivity index (χ0v) is 9.96. The highest BCUT2D eigenvalue weighted by Crippen LogP contribution is 2.09. The van der Waals surface area contributed by atoms with Gasteiger partial charge in [0.05, 0.1) is 0 Å². The van der Waals surface area contributed by atoms with Crippen molar-refractivity contribution in [2.75, 3.05) is 19.6 Å². The van der Waals surface area contributed by atoms with Crippen molar-refractivity contribution in [3.63, 3.8) is 0 Å². The molecule has 0 amide bonds. The Bertz CT molecular complexity index is 195. The fourth-order valence-electron chi connectivity index (χ4n) is 1.26. The molecule has 0 aliphatic heterocycles. The van der Waals surface area contributed by atoms with E-state index in [4.69, 9.17) is 0 Å². The summed E-state index contributed by atoms with van der Waals surface area (Å²) in [5.41, 5.74) is 0. The first-order valence-electron chi connectivity index (χ1n) is 4.61. The minimum Gasteiger partial charge on any atom is -0.304 e. The number of rotatable bonds is 5. The molecule has 13 heavy (non-hydrogen) atoms. The molecule has 0 saturated heterocycles. The third kappa shape index (κ3) is 4.65. The van der Waals surface area contributed by atoms with Crippen molar-refractivity contribution in [2.24, 2.45) is 0 Å². The molecule has 0 radical (unpaired) electrons. The van der Waals surface area contributed by atoms with Crippen LogP contribution in [0.5, 0.6) is 0 Å². The summed E-state index contributed by atoms with van der Waals surface area (Å²) in [4.78, 5) is 3.96. The summed E-state index contributed by atoms with van der Waals surface area (Å²) in [7, 11) is 0. The molecular weight excluding hydrogens is 202 g/mol. The van der Waals surface area contributed by atoms with Crippen molar-refractivity contribution < 1.29 is 0 Å². The summed E-state index contributed by atoms with van der Waals surface area (Å²) in [6, 6.07) is 4.34. The maximum atomic E-state index is 2.46. The number of likely N-dealkylation sites (N-methyl/N-ethyl adjacent to an activating group) is 1. The lowest BCUT2D eigenvalue weighted by molar-refractivity contribution is 0.308. The Labute approximate surface area is 91.2 Å². The third-order valence-corrected chi connectivity index (χ3v) is 3.09. The second kappa shape index (κ2) is 7.36. The minimum absolute atomic E-state index is 0. The average molecular weight is 220 g/mol. The molecule has 0 aromatic carbocycles. The van der Waals surface area contributed by atoms with Crippen LogP contribution in [0.4, 0.5) is 0 Å². The van der Waals surface area contributed by atoms with E-state index in [1.54, 1.807) is 0 Å². The van der Waals surface area contributed by atoms with Gasteiger partial charge in [-0.15, -0.1) is 23.7 Å². The van der Waals surface area contributed by atoms with Crippen molar-refractivity contribution in [2.45, 2.75) is 20.3 Å². The highest BCUT2D eigenvalue weighted by Gasteiger charge is 1.99. The van der Waals surface area contributed by atoms with Gasteiger partial charge in [0.25, 0.3) is 0 Å². The minimum atomic E-state index is 0. The standard InChI is InChI=1S/C10H17NS.ClH/c1-3-11(4-2)8-7-10-6-5-9-12-10;/h5-6,9H,3-4,7-8H2,1-2H3;1H. The van der Waals surface area contributed by atoms with Gasteiger partial charge < -0.3 is 4.90 Å². The molecule has 0 unspecified atom stereocenters. The van der Waals surface area contributed by atoms with Gasteiger partial charge in [-0.2, -0.15) is 0 Å². The predicted octanol–water partition coefficient (Wildman–Crippen LogP) is 3.05. The second-order valence-corrected chi connectivity index (χ2v) is 3.89.